The van der Waals surface area contributed by atoms with E-state index in [0.717, 1.165) is 17.1 Å². The van der Waals surface area contributed by atoms with Crippen molar-refractivity contribution in [3.8, 4) is 33.4 Å². The van der Waals surface area contributed by atoms with E-state index in [1.54, 1.807) is 0 Å². The Hall–Kier alpha value is -6.48. The Labute approximate surface area is 307 Å². The SMILES string of the molecule is c1ccc(-c2ccc(N(c3ccc(-c4cc5ccccc5c5c4sc4ccccc45)cc3)c3ccc(-c4ccccc4)c4ccccc34)cc2)cc1. The Morgan fingerprint density at radius 2 is 0.865 bits per heavy atom. The lowest BCUT2D eigenvalue weighted by Crippen LogP contribution is -2.10. The van der Waals surface area contributed by atoms with Gasteiger partial charge in [-0.05, 0) is 86.4 Å². The standard InChI is InChI=1S/C50H33NS/c1-3-13-34(14-4-1)35-23-27-39(28-24-35)51(47-32-31-41(36-15-5-2-6-16-36)43-19-9-10-20-44(43)47)40-29-25-37(26-30-40)46-33-38-17-7-8-18-42(38)49-45-21-11-12-22-48(45)52-50(46)49/h1-33H. The zero-order chi connectivity index (χ0) is 34.4. The number of nitrogens with zero attached hydrogens (tertiary/aromatic N) is 1. The second kappa shape index (κ2) is 12.7. The normalized spacial score (nSPS) is 11.5. The van der Waals surface area contributed by atoms with Crippen molar-refractivity contribution >= 4 is 70.1 Å². The van der Waals surface area contributed by atoms with Gasteiger partial charge in [-0.2, -0.15) is 0 Å². The molecule has 0 bridgehead atoms. The molecule has 1 heterocycles. The van der Waals surface area contributed by atoms with Crippen molar-refractivity contribution in [3.63, 3.8) is 0 Å². The minimum Gasteiger partial charge on any atom is -0.310 e. The third-order valence-corrected chi connectivity index (χ3v) is 11.5. The molecule has 0 amide bonds. The summed E-state index contributed by atoms with van der Waals surface area (Å²) in [5, 5.41) is 7.70. The molecular formula is C50H33NS. The first-order valence-corrected chi connectivity index (χ1v) is 18.6. The first-order valence-electron chi connectivity index (χ1n) is 17.8. The van der Waals surface area contributed by atoms with E-state index in [2.05, 4.69) is 205 Å². The molecule has 0 fully saturated rings. The van der Waals surface area contributed by atoms with Gasteiger partial charge in [0.15, 0.2) is 0 Å². The van der Waals surface area contributed by atoms with Gasteiger partial charge in [-0.1, -0.05) is 158 Å². The fourth-order valence-electron chi connectivity index (χ4n) is 7.79. The third-order valence-electron chi connectivity index (χ3n) is 10.3. The molecule has 0 aliphatic carbocycles. The van der Waals surface area contributed by atoms with Crippen LogP contribution >= 0.6 is 11.3 Å². The predicted octanol–water partition coefficient (Wildman–Crippen LogP) is 14.8. The Morgan fingerprint density at radius 1 is 0.346 bits per heavy atom. The largest absolute Gasteiger partial charge is 0.310 e. The summed E-state index contributed by atoms with van der Waals surface area (Å²) in [5.41, 5.74) is 10.7. The van der Waals surface area contributed by atoms with Crippen LogP contribution in [-0.2, 0) is 0 Å². The molecule has 0 unspecified atom stereocenters. The van der Waals surface area contributed by atoms with Gasteiger partial charge >= 0.3 is 0 Å². The lowest BCUT2D eigenvalue weighted by molar-refractivity contribution is 1.30. The predicted molar refractivity (Wildman–Crippen MR) is 225 cm³/mol. The van der Waals surface area contributed by atoms with Gasteiger partial charge in [0.05, 0.1) is 5.69 Å². The van der Waals surface area contributed by atoms with E-state index in [-0.39, 0.29) is 0 Å². The van der Waals surface area contributed by atoms with Crippen LogP contribution in [0.25, 0.3) is 75.1 Å². The van der Waals surface area contributed by atoms with Crippen molar-refractivity contribution in [1.82, 2.24) is 0 Å². The molecule has 9 aromatic carbocycles. The van der Waals surface area contributed by atoms with Crippen molar-refractivity contribution in [2.24, 2.45) is 0 Å². The van der Waals surface area contributed by atoms with Gasteiger partial charge in [-0.15, -0.1) is 11.3 Å². The van der Waals surface area contributed by atoms with Gasteiger partial charge < -0.3 is 4.90 Å². The summed E-state index contributed by atoms with van der Waals surface area (Å²) >= 11 is 1.89. The molecule has 10 rings (SSSR count). The fraction of sp³-hybridized carbons (Fsp3) is 0. The molecule has 2 heteroatoms. The van der Waals surface area contributed by atoms with Crippen LogP contribution in [0.1, 0.15) is 0 Å². The Morgan fingerprint density at radius 3 is 1.58 bits per heavy atom. The summed E-state index contributed by atoms with van der Waals surface area (Å²) in [4.78, 5) is 2.41. The molecule has 0 saturated carbocycles. The van der Waals surface area contributed by atoms with Gasteiger partial charge in [-0.25, -0.2) is 0 Å². The van der Waals surface area contributed by atoms with Crippen LogP contribution < -0.4 is 4.90 Å². The van der Waals surface area contributed by atoms with E-state index in [0.29, 0.717) is 0 Å². The van der Waals surface area contributed by atoms with E-state index in [1.807, 2.05) is 11.3 Å². The minimum absolute atomic E-state index is 1.11. The maximum Gasteiger partial charge on any atom is 0.0540 e. The third kappa shape index (κ3) is 5.16. The number of hydrogen-bond acceptors (Lipinski definition) is 2. The lowest BCUT2D eigenvalue weighted by Gasteiger charge is -2.28. The van der Waals surface area contributed by atoms with E-state index < -0.39 is 0 Å². The highest BCUT2D eigenvalue weighted by atomic mass is 32.1. The molecule has 1 aromatic heterocycles. The van der Waals surface area contributed by atoms with Crippen LogP contribution in [0.15, 0.2) is 200 Å². The average Bonchev–Trinajstić information content (AvgIpc) is 3.62. The molecule has 0 radical (unpaired) electrons. The zero-order valence-corrected chi connectivity index (χ0v) is 29.2. The molecule has 0 spiro atoms. The quantitative estimate of drug-likeness (QED) is 0.169. The summed E-state index contributed by atoms with van der Waals surface area (Å²) in [6.07, 6.45) is 0. The number of thiophene rings is 1. The fourth-order valence-corrected chi connectivity index (χ4v) is 9.04. The maximum atomic E-state index is 2.41. The topological polar surface area (TPSA) is 3.24 Å². The summed E-state index contributed by atoms with van der Waals surface area (Å²) < 4.78 is 2.66. The molecular weight excluding hydrogens is 647 g/mol. The van der Waals surface area contributed by atoms with E-state index >= 15 is 0 Å². The van der Waals surface area contributed by atoms with E-state index in [1.165, 1.54) is 75.1 Å². The van der Waals surface area contributed by atoms with Crippen LogP contribution in [-0.4, -0.2) is 0 Å². The number of hydrogen-bond donors (Lipinski definition) is 0. The Balaban J connectivity index is 1.14. The first kappa shape index (κ1) is 30.4. The van der Waals surface area contributed by atoms with Crippen LogP contribution in [0.5, 0.6) is 0 Å². The van der Waals surface area contributed by atoms with Gasteiger partial charge in [0.25, 0.3) is 0 Å². The summed E-state index contributed by atoms with van der Waals surface area (Å²) in [7, 11) is 0. The van der Waals surface area contributed by atoms with Gasteiger partial charge in [0, 0.05) is 42.5 Å². The van der Waals surface area contributed by atoms with Crippen molar-refractivity contribution in [1.29, 1.82) is 0 Å². The number of benzene rings is 9. The number of rotatable bonds is 6. The average molecular weight is 680 g/mol. The highest BCUT2D eigenvalue weighted by molar-refractivity contribution is 7.26. The molecule has 244 valence electrons. The lowest BCUT2D eigenvalue weighted by atomic mass is 9.95. The molecule has 0 N–H and O–H groups in total. The Kier molecular flexibility index (Phi) is 7.41. The van der Waals surface area contributed by atoms with Gasteiger partial charge in [-0.3, -0.25) is 0 Å². The highest BCUT2D eigenvalue weighted by Gasteiger charge is 2.19. The van der Waals surface area contributed by atoms with Gasteiger partial charge in [0.2, 0.25) is 0 Å². The minimum atomic E-state index is 1.11. The van der Waals surface area contributed by atoms with E-state index in [9.17, 15) is 0 Å². The number of fused-ring (bicyclic) bond motifs is 6. The Bertz CT molecular complexity index is 2870. The molecule has 10 aromatic rings. The van der Waals surface area contributed by atoms with Crippen LogP contribution in [0.2, 0.25) is 0 Å². The molecule has 0 aliphatic heterocycles. The summed E-state index contributed by atoms with van der Waals surface area (Å²) in [6.45, 7) is 0. The monoisotopic (exact) mass is 679 g/mol. The number of anilines is 3. The van der Waals surface area contributed by atoms with Crippen LogP contribution in [0.3, 0.4) is 0 Å². The maximum absolute atomic E-state index is 2.41. The van der Waals surface area contributed by atoms with Crippen molar-refractivity contribution in [3.05, 3.63) is 200 Å². The van der Waals surface area contributed by atoms with Crippen molar-refractivity contribution < 1.29 is 0 Å². The van der Waals surface area contributed by atoms with Crippen LogP contribution in [0.4, 0.5) is 17.1 Å². The molecule has 0 aliphatic rings. The van der Waals surface area contributed by atoms with Crippen molar-refractivity contribution in [2.45, 2.75) is 0 Å². The first-order chi connectivity index (χ1) is 25.8. The van der Waals surface area contributed by atoms with Crippen LogP contribution in [0, 0.1) is 0 Å². The molecule has 52 heavy (non-hydrogen) atoms. The summed E-state index contributed by atoms with van der Waals surface area (Å²) in [6, 6.07) is 72.8. The second-order valence-corrected chi connectivity index (χ2v) is 14.3. The highest BCUT2D eigenvalue weighted by Crippen LogP contribution is 2.46. The zero-order valence-electron chi connectivity index (χ0n) is 28.4. The van der Waals surface area contributed by atoms with Crippen molar-refractivity contribution in [2.75, 3.05) is 4.90 Å². The van der Waals surface area contributed by atoms with E-state index in [4.69, 9.17) is 0 Å². The smallest absolute Gasteiger partial charge is 0.0540 e. The molecule has 0 saturated heterocycles. The molecule has 1 nitrogen and oxygen atoms in total. The summed E-state index contributed by atoms with van der Waals surface area (Å²) in [5.74, 6) is 0. The molecule has 0 atom stereocenters. The van der Waals surface area contributed by atoms with Gasteiger partial charge in [0.1, 0.15) is 0 Å². The second-order valence-electron chi connectivity index (χ2n) is 13.3.